The molecule has 0 aliphatic carbocycles. The van der Waals surface area contributed by atoms with Crippen LogP contribution in [0, 0.1) is 0 Å². The van der Waals surface area contributed by atoms with Crippen molar-refractivity contribution in [3.05, 3.63) is 53.2 Å². The second kappa shape index (κ2) is 9.13. The molecule has 2 aliphatic heterocycles. The van der Waals surface area contributed by atoms with Crippen LogP contribution in [0.25, 0.3) is 0 Å². The van der Waals surface area contributed by atoms with Crippen LogP contribution in [0.15, 0.2) is 36.5 Å². The second-order valence-electron chi connectivity index (χ2n) is 7.36. The zero-order valence-corrected chi connectivity index (χ0v) is 16.9. The number of carbonyl (C=O) groups is 1. The molecule has 2 aliphatic rings. The molecule has 2 amide bonds. The number of hydrogen-bond acceptors (Lipinski definition) is 5. The molecule has 154 valence electrons. The number of nitrogens with zero attached hydrogens (tertiary/aromatic N) is 3. The highest BCUT2D eigenvalue weighted by Crippen LogP contribution is 2.26. The average Bonchev–Trinajstić information content (AvgIpc) is 3.21. The molecular formula is C22H28N4O3. The Bertz CT molecular complexity index is 850. The van der Waals surface area contributed by atoms with E-state index in [4.69, 9.17) is 9.47 Å². The molecule has 1 aromatic heterocycles. The highest BCUT2D eigenvalue weighted by atomic mass is 16.5. The lowest BCUT2D eigenvalue weighted by Crippen LogP contribution is -2.51. The third-order valence-corrected chi connectivity index (χ3v) is 5.38. The third kappa shape index (κ3) is 4.79. The molecule has 0 bridgehead atoms. The number of aromatic nitrogens is 1. The van der Waals surface area contributed by atoms with Crippen molar-refractivity contribution in [1.82, 2.24) is 20.1 Å². The van der Waals surface area contributed by atoms with Crippen LogP contribution in [0.2, 0.25) is 0 Å². The van der Waals surface area contributed by atoms with Crippen LogP contribution in [0.3, 0.4) is 0 Å². The maximum Gasteiger partial charge on any atom is 0.317 e. The molecule has 0 atom stereocenters. The van der Waals surface area contributed by atoms with E-state index in [0.29, 0.717) is 19.0 Å². The lowest BCUT2D eigenvalue weighted by molar-refractivity contribution is 0.135. The summed E-state index contributed by atoms with van der Waals surface area (Å²) in [4.78, 5) is 21.1. The number of fused-ring (bicyclic) bond motifs is 1. The molecular weight excluding hydrogens is 368 g/mol. The zero-order chi connectivity index (χ0) is 20.1. The number of piperazine rings is 1. The quantitative estimate of drug-likeness (QED) is 0.812. The molecule has 7 nitrogen and oxygen atoms in total. The SMILES string of the molecule is CCOc1ncccc1CNC(=O)N1CCN(Cc2ccc3c(c2)CCO3)CC1. The van der Waals surface area contributed by atoms with Gasteiger partial charge in [0.25, 0.3) is 0 Å². The Balaban J connectivity index is 1.24. The summed E-state index contributed by atoms with van der Waals surface area (Å²) in [6.45, 7) is 7.80. The van der Waals surface area contributed by atoms with Gasteiger partial charge in [-0.05, 0) is 30.2 Å². The Kier molecular flexibility index (Phi) is 6.14. The van der Waals surface area contributed by atoms with Gasteiger partial charge in [-0.3, -0.25) is 4.90 Å². The number of hydrogen-bond donors (Lipinski definition) is 1. The number of benzene rings is 1. The molecule has 1 aromatic carbocycles. The normalized spacial score (nSPS) is 16.2. The summed E-state index contributed by atoms with van der Waals surface area (Å²) >= 11 is 0. The number of rotatable bonds is 6. The van der Waals surface area contributed by atoms with Crippen molar-refractivity contribution >= 4 is 6.03 Å². The van der Waals surface area contributed by atoms with Crippen molar-refractivity contribution in [2.45, 2.75) is 26.4 Å². The van der Waals surface area contributed by atoms with Crippen molar-refractivity contribution in [2.24, 2.45) is 0 Å². The fourth-order valence-corrected chi connectivity index (χ4v) is 3.81. The average molecular weight is 396 g/mol. The number of carbonyl (C=O) groups excluding carboxylic acids is 1. The molecule has 1 saturated heterocycles. The van der Waals surface area contributed by atoms with Gasteiger partial charge in [0.15, 0.2) is 0 Å². The van der Waals surface area contributed by atoms with Crippen LogP contribution in [-0.4, -0.2) is 60.2 Å². The molecule has 3 heterocycles. The number of pyridine rings is 1. The summed E-state index contributed by atoms with van der Waals surface area (Å²) in [5.74, 6) is 1.61. The number of ether oxygens (including phenoxy) is 2. The maximum absolute atomic E-state index is 12.6. The predicted molar refractivity (Wildman–Crippen MR) is 110 cm³/mol. The van der Waals surface area contributed by atoms with Gasteiger partial charge in [-0.25, -0.2) is 9.78 Å². The molecule has 1 fully saturated rings. The van der Waals surface area contributed by atoms with Crippen LogP contribution >= 0.6 is 0 Å². The van der Waals surface area contributed by atoms with E-state index in [9.17, 15) is 4.79 Å². The van der Waals surface area contributed by atoms with Crippen molar-refractivity contribution < 1.29 is 14.3 Å². The summed E-state index contributed by atoms with van der Waals surface area (Å²) in [5.41, 5.74) is 3.51. The molecule has 29 heavy (non-hydrogen) atoms. The van der Waals surface area contributed by atoms with Crippen LogP contribution in [-0.2, 0) is 19.5 Å². The van der Waals surface area contributed by atoms with E-state index in [-0.39, 0.29) is 6.03 Å². The van der Waals surface area contributed by atoms with Crippen molar-refractivity contribution in [3.63, 3.8) is 0 Å². The minimum absolute atomic E-state index is 0.0365. The van der Waals surface area contributed by atoms with E-state index in [1.165, 1.54) is 11.1 Å². The summed E-state index contributed by atoms with van der Waals surface area (Å²) in [5, 5.41) is 2.99. The van der Waals surface area contributed by atoms with Gasteiger partial charge in [0.05, 0.1) is 13.2 Å². The molecule has 0 unspecified atom stereocenters. The first kappa shape index (κ1) is 19.5. The van der Waals surface area contributed by atoms with Gasteiger partial charge in [0, 0.05) is 57.4 Å². The van der Waals surface area contributed by atoms with Crippen LogP contribution < -0.4 is 14.8 Å². The minimum Gasteiger partial charge on any atom is -0.493 e. The second-order valence-corrected chi connectivity index (χ2v) is 7.36. The molecule has 0 spiro atoms. The summed E-state index contributed by atoms with van der Waals surface area (Å²) in [7, 11) is 0. The zero-order valence-electron chi connectivity index (χ0n) is 16.9. The summed E-state index contributed by atoms with van der Waals surface area (Å²) in [6, 6.07) is 10.2. The van der Waals surface area contributed by atoms with E-state index >= 15 is 0 Å². The summed E-state index contributed by atoms with van der Waals surface area (Å²) in [6.07, 6.45) is 2.70. The van der Waals surface area contributed by atoms with E-state index in [1.807, 2.05) is 24.0 Å². The van der Waals surface area contributed by atoms with Crippen molar-refractivity contribution in [2.75, 3.05) is 39.4 Å². The van der Waals surface area contributed by atoms with Gasteiger partial charge in [0.2, 0.25) is 5.88 Å². The number of amides is 2. The first-order valence-corrected chi connectivity index (χ1v) is 10.3. The van der Waals surface area contributed by atoms with Crippen LogP contribution in [0.4, 0.5) is 4.79 Å². The first-order valence-electron chi connectivity index (χ1n) is 10.3. The van der Waals surface area contributed by atoms with Gasteiger partial charge in [-0.2, -0.15) is 0 Å². The van der Waals surface area contributed by atoms with E-state index in [1.54, 1.807) is 6.20 Å². The molecule has 4 rings (SSSR count). The Hall–Kier alpha value is -2.80. The van der Waals surface area contributed by atoms with Gasteiger partial charge in [-0.15, -0.1) is 0 Å². The van der Waals surface area contributed by atoms with Gasteiger partial charge in [-0.1, -0.05) is 18.2 Å². The molecule has 7 heteroatoms. The monoisotopic (exact) mass is 396 g/mol. The van der Waals surface area contributed by atoms with Crippen LogP contribution in [0.5, 0.6) is 11.6 Å². The molecule has 0 saturated carbocycles. The van der Waals surface area contributed by atoms with E-state index < -0.39 is 0 Å². The Labute approximate surface area is 171 Å². The van der Waals surface area contributed by atoms with Gasteiger partial charge < -0.3 is 19.7 Å². The predicted octanol–water partition coefficient (Wildman–Crippen LogP) is 2.44. The topological polar surface area (TPSA) is 66.9 Å². The largest absolute Gasteiger partial charge is 0.493 e. The molecule has 2 aromatic rings. The van der Waals surface area contributed by atoms with Gasteiger partial charge >= 0.3 is 6.03 Å². The third-order valence-electron chi connectivity index (χ3n) is 5.38. The highest BCUT2D eigenvalue weighted by molar-refractivity contribution is 5.74. The van der Waals surface area contributed by atoms with Gasteiger partial charge in [0.1, 0.15) is 5.75 Å². The smallest absolute Gasteiger partial charge is 0.317 e. The highest BCUT2D eigenvalue weighted by Gasteiger charge is 2.22. The Morgan fingerprint density at radius 1 is 1.24 bits per heavy atom. The lowest BCUT2D eigenvalue weighted by atomic mass is 10.1. The first-order chi connectivity index (χ1) is 14.2. The molecule has 0 radical (unpaired) electrons. The fourth-order valence-electron chi connectivity index (χ4n) is 3.81. The summed E-state index contributed by atoms with van der Waals surface area (Å²) < 4.78 is 11.1. The molecule has 1 N–H and O–H groups in total. The fraction of sp³-hybridized carbons (Fsp3) is 0.455. The minimum atomic E-state index is -0.0365. The van der Waals surface area contributed by atoms with Crippen molar-refractivity contribution in [1.29, 1.82) is 0 Å². The van der Waals surface area contributed by atoms with Crippen LogP contribution in [0.1, 0.15) is 23.6 Å². The number of urea groups is 1. The van der Waals surface area contributed by atoms with Crippen molar-refractivity contribution in [3.8, 4) is 11.6 Å². The Morgan fingerprint density at radius 2 is 2.10 bits per heavy atom. The maximum atomic E-state index is 12.6. The standard InChI is InChI=1S/C22H28N4O3/c1-2-28-21-19(4-3-8-23-21)15-24-22(27)26-11-9-25(10-12-26)16-17-5-6-20-18(14-17)7-13-29-20/h3-6,8,14H,2,7,9-13,15-16H2,1H3,(H,24,27). The van der Waals surface area contributed by atoms with E-state index in [2.05, 4.69) is 33.4 Å². The Morgan fingerprint density at radius 3 is 2.93 bits per heavy atom. The number of nitrogens with one attached hydrogen (secondary N) is 1. The van der Waals surface area contributed by atoms with E-state index in [0.717, 1.165) is 57.1 Å². The lowest BCUT2D eigenvalue weighted by Gasteiger charge is -2.34.